The predicted octanol–water partition coefficient (Wildman–Crippen LogP) is 5.19. The standard InChI is InChI=1S/C33H38ClN3O4/c1-18-8-11-22(12-9-18)17-37-29(31(39)36-25-7-5-6-19(2)21(25)4)33-15-14-26(41-33)27(28(33)32(37)40)30(38)35-23-13-10-20(3)24(34)16-23/h8-16,19,21,25-29H,5-7,17H2,1-4H3,(H,35,38)(H,36,39)/t19?,21?,25?,26-,27?,28-,29?,33?/m1/s1. The zero-order valence-electron chi connectivity index (χ0n) is 24.0. The monoisotopic (exact) mass is 575 g/mol. The maximum atomic E-state index is 14.3. The highest BCUT2D eigenvalue weighted by atomic mass is 35.5. The molecule has 8 heteroatoms. The summed E-state index contributed by atoms with van der Waals surface area (Å²) < 4.78 is 6.51. The summed E-state index contributed by atoms with van der Waals surface area (Å²) in [5.41, 5.74) is 2.30. The van der Waals surface area contributed by atoms with E-state index in [0.29, 0.717) is 22.5 Å². The number of nitrogens with zero attached hydrogens (tertiary/aromatic N) is 1. The van der Waals surface area contributed by atoms with E-state index in [1.54, 1.807) is 17.0 Å². The number of nitrogens with one attached hydrogen (secondary N) is 2. The number of hydrogen-bond donors (Lipinski definition) is 2. The van der Waals surface area contributed by atoms with E-state index in [1.807, 2.05) is 56.3 Å². The van der Waals surface area contributed by atoms with Gasteiger partial charge >= 0.3 is 0 Å². The third-order valence-electron chi connectivity index (χ3n) is 9.87. The summed E-state index contributed by atoms with van der Waals surface area (Å²) in [5, 5.41) is 6.81. The molecule has 0 radical (unpaired) electrons. The summed E-state index contributed by atoms with van der Waals surface area (Å²) in [7, 11) is 0. The number of fused-ring (bicyclic) bond motifs is 1. The number of benzene rings is 2. The SMILES string of the molecule is Cc1ccc(CN2C(=O)[C@H]3C(C(=O)Nc4ccc(C)c(Cl)c4)[C@H]4C=CC3(O4)C2C(=O)NC2CCCC(C)C2C)cc1. The second kappa shape index (κ2) is 10.6. The summed E-state index contributed by atoms with van der Waals surface area (Å²) in [6.45, 7) is 8.59. The number of carbonyl (C=O) groups excluding carboxylic acids is 3. The van der Waals surface area contributed by atoms with E-state index in [9.17, 15) is 14.4 Å². The predicted molar refractivity (Wildman–Crippen MR) is 158 cm³/mol. The van der Waals surface area contributed by atoms with Crippen molar-refractivity contribution in [2.24, 2.45) is 23.7 Å². The lowest BCUT2D eigenvalue weighted by atomic mass is 9.73. The smallest absolute Gasteiger partial charge is 0.246 e. The van der Waals surface area contributed by atoms with Gasteiger partial charge < -0.3 is 20.3 Å². The van der Waals surface area contributed by atoms with E-state index in [-0.39, 0.29) is 30.3 Å². The zero-order valence-corrected chi connectivity index (χ0v) is 24.8. The van der Waals surface area contributed by atoms with E-state index in [1.165, 1.54) is 0 Å². The lowest BCUT2D eigenvalue weighted by Crippen LogP contribution is -2.57. The molecule has 2 N–H and O–H groups in total. The fraction of sp³-hybridized carbons (Fsp3) is 0.485. The van der Waals surface area contributed by atoms with E-state index in [2.05, 4.69) is 24.5 Å². The summed E-state index contributed by atoms with van der Waals surface area (Å²) in [4.78, 5) is 43.8. The Bertz CT molecular complexity index is 1410. The Hall–Kier alpha value is -3.16. The lowest BCUT2D eigenvalue weighted by molar-refractivity contribution is -0.142. The highest BCUT2D eigenvalue weighted by Crippen LogP contribution is 2.55. The second-order valence-corrected chi connectivity index (χ2v) is 12.9. The second-order valence-electron chi connectivity index (χ2n) is 12.5. The van der Waals surface area contributed by atoms with Crippen LogP contribution in [0.2, 0.25) is 5.02 Å². The average Bonchev–Trinajstić information content (AvgIpc) is 3.58. The molecule has 2 aromatic rings. The summed E-state index contributed by atoms with van der Waals surface area (Å²) in [5.74, 6) is -1.48. The molecule has 0 aromatic heterocycles. The number of amides is 3. The van der Waals surface area contributed by atoms with Crippen molar-refractivity contribution in [3.05, 3.63) is 76.3 Å². The van der Waals surface area contributed by atoms with Crippen molar-refractivity contribution < 1.29 is 19.1 Å². The average molecular weight is 576 g/mol. The van der Waals surface area contributed by atoms with Crippen LogP contribution < -0.4 is 10.6 Å². The molecule has 216 valence electrons. The van der Waals surface area contributed by atoms with Gasteiger partial charge in [-0.3, -0.25) is 14.4 Å². The largest absolute Gasteiger partial charge is 0.359 e. The topological polar surface area (TPSA) is 87.7 Å². The number of ether oxygens (including phenoxy) is 1. The Balaban J connectivity index is 1.32. The third kappa shape index (κ3) is 4.77. The fourth-order valence-corrected chi connectivity index (χ4v) is 7.45. The van der Waals surface area contributed by atoms with Gasteiger partial charge in [-0.15, -0.1) is 0 Å². The normalized spacial score (nSPS) is 33.6. The molecule has 3 aliphatic heterocycles. The van der Waals surface area contributed by atoms with Crippen molar-refractivity contribution >= 4 is 35.0 Å². The van der Waals surface area contributed by atoms with Gasteiger partial charge in [0.15, 0.2) is 0 Å². The molecule has 1 saturated carbocycles. The van der Waals surface area contributed by atoms with Crippen LogP contribution in [0, 0.1) is 37.5 Å². The van der Waals surface area contributed by atoms with Gasteiger partial charge in [0.2, 0.25) is 17.7 Å². The van der Waals surface area contributed by atoms with Crippen LogP contribution in [0.15, 0.2) is 54.6 Å². The number of rotatable bonds is 6. The third-order valence-corrected chi connectivity index (χ3v) is 10.3. The van der Waals surface area contributed by atoms with Crippen molar-refractivity contribution in [1.82, 2.24) is 10.2 Å². The first kappa shape index (κ1) is 28.0. The molecule has 8 atom stereocenters. The van der Waals surface area contributed by atoms with E-state index in [0.717, 1.165) is 36.0 Å². The van der Waals surface area contributed by atoms with Gasteiger partial charge in [0.1, 0.15) is 11.6 Å². The number of likely N-dealkylation sites (tertiary alicyclic amines) is 1. The van der Waals surface area contributed by atoms with Crippen LogP contribution in [-0.2, 0) is 25.7 Å². The molecule has 1 aliphatic carbocycles. The molecule has 3 amide bonds. The van der Waals surface area contributed by atoms with E-state index in [4.69, 9.17) is 16.3 Å². The molecule has 41 heavy (non-hydrogen) atoms. The number of aryl methyl sites for hydroxylation is 2. The summed E-state index contributed by atoms with van der Waals surface area (Å²) in [6.07, 6.45) is 6.24. The van der Waals surface area contributed by atoms with Gasteiger partial charge in [0, 0.05) is 23.3 Å². The van der Waals surface area contributed by atoms with Crippen LogP contribution in [-0.4, -0.2) is 46.4 Å². The molecule has 2 aromatic carbocycles. The van der Waals surface area contributed by atoms with Crippen LogP contribution in [0.5, 0.6) is 0 Å². The maximum Gasteiger partial charge on any atom is 0.246 e. The van der Waals surface area contributed by atoms with E-state index >= 15 is 0 Å². The molecule has 2 bridgehead atoms. The van der Waals surface area contributed by atoms with Crippen LogP contribution in [0.1, 0.15) is 49.8 Å². The van der Waals surface area contributed by atoms with Crippen LogP contribution in [0.25, 0.3) is 0 Å². The minimum atomic E-state index is -1.20. The molecular weight excluding hydrogens is 538 g/mol. The van der Waals surface area contributed by atoms with Crippen molar-refractivity contribution in [2.75, 3.05) is 5.32 Å². The molecule has 7 nitrogen and oxygen atoms in total. The highest BCUT2D eigenvalue weighted by Gasteiger charge is 2.72. The van der Waals surface area contributed by atoms with Crippen molar-refractivity contribution in [3.63, 3.8) is 0 Å². The van der Waals surface area contributed by atoms with Crippen molar-refractivity contribution in [1.29, 1.82) is 0 Å². The van der Waals surface area contributed by atoms with Crippen LogP contribution in [0.3, 0.4) is 0 Å². The molecule has 3 heterocycles. The first-order chi connectivity index (χ1) is 19.6. The Kier molecular flexibility index (Phi) is 7.23. The highest BCUT2D eigenvalue weighted by molar-refractivity contribution is 6.31. The molecule has 1 spiro atoms. The number of hydrogen-bond acceptors (Lipinski definition) is 4. The van der Waals surface area contributed by atoms with Gasteiger partial charge in [-0.05, 0) is 55.4 Å². The van der Waals surface area contributed by atoms with Crippen LogP contribution >= 0.6 is 11.6 Å². The Morgan fingerprint density at radius 2 is 1.83 bits per heavy atom. The van der Waals surface area contributed by atoms with Gasteiger partial charge in [-0.25, -0.2) is 0 Å². The first-order valence-corrected chi connectivity index (χ1v) is 15.1. The molecule has 2 saturated heterocycles. The lowest BCUT2D eigenvalue weighted by Gasteiger charge is -2.38. The maximum absolute atomic E-state index is 14.3. The molecular formula is C33H38ClN3O4. The molecule has 3 fully saturated rings. The summed E-state index contributed by atoms with van der Waals surface area (Å²) in [6, 6.07) is 12.5. The quantitative estimate of drug-likeness (QED) is 0.464. The van der Waals surface area contributed by atoms with Crippen LogP contribution in [0.4, 0.5) is 5.69 Å². The van der Waals surface area contributed by atoms with Gasteiger partial charge in [0.25, 0.3) is 0 Å². The molecule has 4 aliphatic rings. The number of carbonyl (C=O) groups is 3. The summed E-state index contributed by atoms with van der Waals surface area (Å²) >= 11 is 6.30. The minimum Gasteiger partial charge on any atom is -0.359 e. The Morgan fingerprint density at radius 1 is 1.07 bits per heavy atom. The zero-order chi connectivity index (χ0) is 29.1. The fourth-order valence-electron chi connectivity index (χ4n) is 7.27. The number of halogens is 1. The van der Waals surface area contributed by atoms with Crippen molar-refractivity contribution in [3.8, 4) is 0 Å². The number of anilines is 1. The van der Waals surface area contributed by atoms with Gasteiger partial charge in [-0.1, -0.05) is 86.3 Å². The van der Waals surface area contributed by atoms with Gasteiger partial charge in [-0.2, -0.15) is 0 Å². The van der Waals surface area contributed by atoms with E-state index < -0.39 is 29.6 Å². The Morgan fingerprint density at radius 3 is 2.56 bits per heavy atom. The molecule has 6 rings (SSSR count). The Labute approximate surface area is 246 Å². The molecule has 6 unspecified atom stereocenters. The minimum absolute atomic E-state index is 0.0333. The van der Waals surface area contributed by atoms with Gasteiger partial charge in [0.05, 0.1) is 17.9 Å². The van der Waals surface area contributed by atoms with Crippen molar-refractivity contribution in [2.45, 2.75) is 77.3 Å². The first-order valence-electron chi connectivity index (χ1n) is 14.7.